The molecule has 0 unspecified atom stereocenters. The molecule has 4 rings (SSSR count). The maximum atomic E-state index is 12.2. The van der Waals surface area contributed by atoms with Crippen LogP contribution in [0.15, 0.2) is 61.3 Å². The zero-order valence-corrected chi connectivity index (χ0v) is 13.4. The van der Waals surface area contributed by atoms with Gasteiger partial charge in [0.15, 0.2) is 5.82 Å². The van der Waals surface area contributed by atoms with E-state index in [9.17, 15) is 4.79 Å². The lowest BCUT2D eigenvalue weighted by Gasteiger charge is -2.39. The summed E-state index contributed by atoms with van der Waals surface area (Å²) in [6, 6.07) is 11.9. The molecular formula is C18H16N6O. The summed E-state index contributed by atoms with van der Waals surface area (Å²) in [5.74, 6) is 1.17. The van der Waals surface area contributed by atoms with Gasteiger partial charge in [-0.3, -0.25) is 9.78 Å². The second-order valence-electron chi connectivity index (χ2n) is 5.81. The molecule has 0 atom stereocenters. The van der Waals surface area contributed by atoms with E-state index in [2.05, 4.69) is 30.2 Å². The molecule has 7 nitrogen and oxygen atoms in total. The topological polar surface area (TPSA) is 83.9 Å². The predicted octanol–water partition coefficient (Wildman–Crippen LogP) is 2.01. The van der Waals surface area contributed by atoms with Crippen molar-refractivity contribution < 1.29 is 4.79 Å². The molecular weight excluding hydrogens is 316 g/mol. The summed E-state index contributed by atoms with van der Waals surface area (Å²) in [6.45, 7) is 1.24. The van der Waals surface area contributed by atoms with Gasteiger partial charge in [-0.2, -0.15) is 0 Å². The first-order valence-corrected chi connectivity index (χ1v) is 7.99. The highest BCUT2D eigenvalue weighted by Gasteiger charge is 2.33. The fraction of sp³-hybridized carbons (Fsp3) is 0.167. The van der Waals surface area contributed by atoms with Crippen molar-refractivity contribution in [2.45, 2.75) is 0 Å². The first kappa shape index (κ1) is 15.2. The van der Waals surface area contributed by atoms with Crippen LogP contribution in [0.5, 0.6) is 0 Å². The quantitative estimate of drug-likeness (QED) is 0.787. The van der Waals surface area contributed by atoms with E-state index in [-0.39, 0.29) is 11.8 Å². The Balaban J connectivity index is 1.40. The normalized spacial score (nSPS) is 14.0. The van der Waals surface area contributed by atoms with E-state index < -0.39 is 0 Å². The molecule has 0 bridgehead atoms. The van der Waals surface area contributed by atoms with E-state index in [1.165, 1.54) is 6.20 Å². The average molecular weight is 332 g/mol. The van der Waals surface area contributed by atoms with E-state index >= 15 is 0 Å². The SMILES string of the molecule is O=C(Nc1cnccn1)C1CN(c2cc(-c3ccccc3)ncn2)C1. The minimum absolute atomic E-state index is 0.0471. The monoisotopic (exact) mass is 332 g/mol. The van der Waals surface area contributed by atoms with E-state index in [1.54, 1.807) is 18.7 Å². The zero-order chi connectivity index (χ0) is 17.1. The largest absolute Gasteiger partial charge is 0.355 e. The average Bonchev–Trinajstić information content (AvgIpc) is 2.62. The van der Waals surface area contributed by atoms with E-state index in [0.717, 1.165) is 17.1 Å². The zero-order valence-electron chi connectivity index (χ0n) is 13.4. The lowest BCUT2D eigenvalue weighted by molar-refractivity contribution is -0.120. The highest BCUT2D eigenvalue weighted by molar-refractivity contribution is 5.93. The molecule has 0 radical (unpaired) electrons. The number of nitrogens with one attached hydrogen (secondary N) is 1. The third-order valence-electron chi connectivity index (χ3n) is 4.11. The number of carbonyl (C=O) groups is 1. The van der Waals surface area contributed by atoms with Crippen molar-refractivity contribution in [2.24, 2.45) is 5.92 Å². The Bertz CT molecular complexity index is 865. The molecule has 1 aliphatic heterocycles. The summed E-state index contributed by atoms with van der Waals surface area (Å²) in [4.78, 5) is 30.9. The smallest absolute Gasteiger partial charge is 0.232 e. The molecule has 0 aliphatic carbocycles. The number of hydrogen-bond donors (Lipinski definition) is 1. The number of benzene rings is 1. The van der Waals surface area contributed by atoms with Crippen LogP contribution in [-0.4, -0.2) is 38.9 Å². The number of nitrogens with zero attached hydrogens (tertiary/aromatic N) is 5. The molecule has 2 aromatic heterocycles. The van der Waals surface area contributed by atoms with E-state index in [4.69, 9.17) is 0 Å². The first-order valence-electron chi connectivity index (χ1n) is 7.99. The first-order chi connectivity index (χ1) is 12.3. The van der Waals surface area contributed by atoms with Crippen LogP contribution in [0.25, 0.3) is 11.3 Å². The minimum Gasteiger partial charge on any atom is -0.355 e. The number of amides is 1. The third kappa shape index (κ3) is 3.30. The van der Waals surface area contributed by atoms with Crippen LogP contribution in [0, 0.1) is 5.92 Å². The Labute approximate surface area is 144 Å². The van der Waals surface area contributed by atoms with Crippen LogP contribution in [0.3, 0.4) is 0 Å². The molecule has 124 valence electrons. The van der Waals surface area contributed by atoms with Gasteiger partial charge in [-0.25, -0.2) is 15.0 Å². The van der Waals surface area contributed by atoms with Gasteiger partial charge in [0, 0.05) is 37.1 Å². The second kappa shape index (κ2) is 6.64. The molecule has 1 amide bonds. The van der Waals surface area contributed by atoms with Gasteiger partial charge in [0.1, 0.15) is 12.1 Å². The molecule has 3 aromatic rings. The Morgan fingerprint density at radius 3 is 2.68 bits per heavy atom. The Morgan fingerprint density at radius 1 is 1.08 bits per heavy atom. The molecule has 1 saturated heterocycles. The van der Waals surface area contributed by atoms with Gasteiger partial charge in [0.2, 0.25) is 5.91 Å². The Morgan fingerprint density at radius 2 is 1.92 bits per heavy atom. The van der Waals surface area contributed by atoms with Crippen molar-refractivity contribution >= 4 is 17.5 Å². The second-order valence-corrected chi connectivity index (χ2v) is 5.81. The molecule has 7 heteroatoms. The van der Waals surface area contributed by atoms with E-state index in [0.29, 0.717) is 18.9 Å². The molecule has 25 heavy (non-hydrogen) atoms. The molecule has 1 N–H and O–H groups in total. The molecule has 1 fully saturated rings. The number of carbonyl (C=O) groups excluding carboxylic acids is 1. The van der Waals surface area contributed by atoms with Crippen LogP contribution >= 0.6 is 0 Å². The number of rotatable bonds is 4. The Kier molecular flexibility index (Phi) is 4.04. The van der Waals surface area contributed by atoms with Crippen LogP contribution in [-0.2, 0) is 4.79 Å². The minimum atomic E-state index is -0.0860. The number of aromatic nitrogens is 4. The molecule has 0 spiro atoms. The van der Waals surface area contributed by atoms with Crippen molar-refractivity contribution in [2.75, 3.05) is 23.3 Å². The summed E-state index contributed by atoms with van der Waals surface area (Å²) >= 11 is 0. The van der Waals surface area contributed by atoms with Crippen LogP contribution in [0.1, 0.15) is 0 Å². The van der Waals surface area contributed by atoms with Gasteiger partial charge in [-0.05, 0) is 0 Å². The van der Waals surface area contributed by atoms with Gasteiger partial charge in [0.25, 0.3) is 0 Å². The molecule has 3 heterocycles. The van der Waals surface area contributed by atoms with Crippen molar-refractivity contribution in [3.05, 3.63) is 61.3 Å². The summed E-state index contributed by atoms with van der Waals surface area (Å²) in [6.07, 6.45) is 6.21. The van der Waals surface area contributed by atoms with Gasteiger partial charge < -0.3 is 10.2 Å². The van der Waals surface area contributed by atoms with Crippen molar-refractivity contribution in [3.63, 3.8) is 0 Å². The standard InChI is InChI=1S/C18H16N6O/c25-18(23-16-9-19-6-7-20-16)14-10-24(11-14)17-8-15(21-12-22-17)13-4-2-1-3-5-13/h1-9,12,14H,10-11H2,(H,20,23,25). The molecule has 0 saturated carbocycles. The highest BCUT2D eigenvalue weighted by atomic mass is 16.2. The lowest BCUT2D eigenvalue weighted by Crippen LogP contribution is -2.52. The lowest BCUT2D eigenvalue weighted by atomic mass is 9.99. The van der Waals surface area contributed by atoms with Gasteiger partial charge in [0.05, 0.1) is 17.8 Å². The van der Waals surface area contributed by atoms with Gasteiger partial charge in [-0.1, -0.05) is 30.3 Å². The maximum Gasteiger partial charge on any atom is 0.232 e. The van der Waals surface area contributed by atoms with Gasteiger partial charge >= 0.3 is 0 Å². The fourth-order valence-electron chi connectivity index (χ4n) is 2.71. The van der Waals surface area contributed by atoms with Crippen LogP contribution in [0.2, 0.25) is 0 Å². The van der Waals surface area contributed by atoms with Crippen molar-refractivity contribution in [1.29, 1.82) is 0 Å². The van der Waals surface area contributed by atoms with Crippen molar-refractivity contribution in [3.8, 4) is 11.3 Å². The van der Waals surface area contributed by atoms with Gasteiger partial charge in [-0.15, -0.1) is 0 Å². The molecule has 1 aromatic carbocycles. The Hall–Kier alpha value is -3.35. The van der Waals surface area contributed by atoms with Crippen LogP contribution in [0.4, 0.5) is 11.6 Å². The molecule has 1 aliphatic rings. The maximum absolute atomic E-state index is 12.2. The number of anilines is 2. The van der Waals surface area contributed by atoms with E-state index in [1.807, 2.05) is 36.4 Å². The summed E-state index contributed by atoms with van der Waals surface area (Å²) in [5.41, 5.74) is 1.92. The number of hydrogen-bond acceptors (Lipinski definition) is 6. The fourth-order valence-corrected chi connectivity index (χ4v) is 2.71. The van der Waals surface area contributed by atoms with Crippen molar-refractivity contribution in [1.82, 2.24) is 19.9 Å². The summed E-state index contributed by atoms with van der Waals surface area (Å²) in [5, 5.41) is 2.78. The predicted molar refractivity (Wildman–Crippen MR) is 93.8 cm³/mol. The summed E-state index contributed by atoms with van der Waals surface area (Å²) in [7, 11) is 0. The summed E-state index contributed by atoms with van der Waals surface area (Å²) < 4.78 is 0. The third-order valence-corrected chi connectivity index (χ3v) is 4.11. The van der Waals surface area contributed by atoms with Crippen LogP contribution < -0.4 is 10.2 Å². The highest BCUT2D eigenvalue weighted by Crippen LogP contribution is 2.26.